The Balaban J connectivity index is 1.71. The van der Waals surface area contributed by atoms with E-state index in [0.717, 1.165) is 6.26 Å². The normalized spacial score (nSPS) is 12.1. The van der Waals surface area contributed by atoms with Crippen LogP contribution < -0.4 is 19.5 Å². The Morgan fingerprint density at radius 3 is 2.26 bits per heavy atom. The molecule has 0 heterocycles. The minimum atomic E-state index is -3.32. The molecule has 0 aliphatic heterocycles. The average Bonchev–Trinajstić information content (AvgIpc) is 2.60. The second-order valence-corrected chi connectivity index (χ2v) is 7.50. The Hall–Kier alpha value is -2.81. The fourth-order valence-electron chi connectivity index (χ4n) is 2.09. The van der Waals surface area contributed by atoms with Crippen LogP contribution in [-0.4, -0.2) is 39.8 Å². The van der Waals surface area contributed by atoms with Crippen molar-refractivity contribution in [3.05, 3.63) is 54.3 Å². The molecule has 0 saturated heterocycles. The average molecular weight is 396 g/mol. The van der Waals surface area contributed by atoms with Gasteiger partial charge < -0.3 is 14.8 Å². The summed E-state index contributed by atoms with van der Waals surface area (Å²) >= 11 is 0. The zero-order valence-corrected chi connectivity index (χ0v) is 15.8. The van der Waals surface area contributed by atoms with Gasteiger partial charge >= 0.3 is 0 Å². The first-order chi connectivity index (χ1) is 12.7. The van der Waals surface area contributed by atoms with Gasteiger partial charge in [0.25, 0.3) is 5.91 Å². The van der Waals surface area contributed by atoms with Crippen LogP contribution in [-0.2, 0) is 14.8 Å². The van der Waals surface area contributed by atoms with E-state index in [4.69, 9.17) is 9.47 Å². The molecule has 0 fully saturated rings. The van der Waals surface area contributed by atoms with Crippen LogP contribution in [0, 0.1) is 5.82 Å². The minimum Gasteiger partial charge on any atom is -0.492 e. The molecule has 0 aliphatic carbocycles. The lowest BCUT2D eigenvalue weighted by Gasteiger charge is -2.15. The third-order valence-corrected chi connectivity index (χ3v) is 3.93. The van der Waals surface area contributed by atoms with E-state index < -0.39 is 16.1 Å². The van der Waals surface area contributed by atoms with Gasteiger partial charge in [0.05, 0.1) is 12.8 Å². The number of carbonyl (C=O) groups excluding carboxylic acids is 1. The summed E-state index contributed by atoms with van der Waals surface area (Å²) in [5, 5.41) is 2.67. The van der Waals surface area contributed by atoms with E-state index in [1.807, 2.05) is 0 Å². The van der Waals surface area contributed by atoms with Crippen LogP contribution in [0.25, 0.3) is 0 Å². The number of amides is 1. The van der Waals surface area contributed by atoms with Crippen LogP contribution >= 0.6 is 0 Å². The number of benzene rings is 2. The zero-order valence-electron chi connectivity index (χ0n) is 14.9. The Labute approximate surface area is 157 Å². The molecule has 1 amide bonds. The molecule has 0 aliphatic rings. The van der Waals surface area contributed by atoms with Crippen molar-refractivity contribution in [1.82, 2.24) is 5.32 Å². The van der Waals surface area contributed by atoms with Crippen LogP contribution in [0.15, 0.2) is 48.5 Å². The van der Waals surface area contributed by atoms with Crippen molar-refractivity contribution in [2.24, 2.45) is 0 Å². The first-order valence-electron chi connectivity index (χ1n) is 8.13. The van der Waals surface area contributed by atoms with Gasteiger partial charge in [0, 0.05) is 5.69 Å². The van der Waals surface area contributed by atoms with E-state index in [1.54, 1.807) is 31.2 Å². The molecule has 0 spiro atoms. The van der Waals surface area contributed by atoms with Gasteiger partial charge in [-0.1, -0.05) is 0 Å². The molecular weight excluding hydrogens is 375 g/mol. The van der Waals surface area contributed by atoms with Gasteiger partial charge in [-0.2, -0.15) is 0 Å². The Bertz CT molecular complexity index is 854. The van der Waals surface area contributed by atoms with Crippen LogP contribution in [0.5, 0.6) is 11.5 Å². The third kappa shape index (κ3) is 7.53. The van der Waals surface area contributed by atoms with E-state index in [2.05, 4.69) is 10.0 Å². The number of hydrogen-bond acceptors (Lipinski definition) is 5. The van der Waals surface area contributed by atoms with Gasteiger partial charge in [-0.25, -0.2) is 12.8 Å². The highest BCUT2D eigenvalue weighted by molar-refractivity contribution is 7.92. The number of anilines is 1. The Morgan fingerprint density at radius 1 is 1.07 bits per heavy atom. The summed E-state index contributed by atoms with van der Waals surface area (Å²) in [4.78, 5) is 12.0. The summed E-state index contributed by atoms with van der Waals surface area (Å²) < 4.78 is 48.4. The lowest BCUT2D eigenvalue weighted by atomic mass is 10.3. The molecule has 9 heteroatoms. The van der Waals surface area contributed by atoms with Crippen molar-refractivity contribution in [2.45, 2.75) is 13.0 Å². The van der Waals surface area contributed by atoms with Crippen molar-refractivity contribution >= 4 is 21.6 Å². The molecule has 2 N–H and O–H groups in total. The lowest BCUT2D eigenvalue weighted by Crippen LogP contribution is -2.38. The fraction of sp³-hybridized carbons (Fsp3) is 0.278. The summed E-state index contributed by atoms with van der Waals surface area (Å²) in [7, 11) is -3.32. The standard InChI is InChI=1S/C18H21FN2O5S/c1-13(26-17-7-3-14(19)4-8-17)18(22)20-11-12-25-16-9-5-15(6-10-16)21-27(2,23)24/h3-10,13,21H,11-12H2,1-2H3,(H,20,22)/t13-/m1/s1. The predicted octanol–water partition coefficient (Wildman–Crippen LogP) is 2.16. The molecule has 2 rings (SSSR count). The number of carbonyl (C=O) groups is 1. The fourth-order valence-corrected chi connectivity index (χ4v) is 2.66. The van der Waals surface area contributed by atoms with Gasteiger partial charge in [-0.15, -0.1) is 0 Å². The van der Waals surface area contributed by atoms with E-state index >= 15 is 0 Å². The highest BCUT2D eigenvalue weighted by Crippen LogP contribution is 2.16. The molecule has 146 valence electrons. The molecule has 2 aromatic rings. The number of halogens is 1. The van der Waals surface area contributed by atoms with Crippen LogP contribution in [0.1, 0.15) is 6.92 Å². The number of ether oxygens (including phenoxy) is 2. The van der Waals surface area contributed by atoms with Gasteiger partial charge in [-0.3, -0.25) is 9.52 Å². The number of sulfonamides is 1. The first-order valence-corrected chi connectivity index (χ1v) is 10.0. The van der Waals surface area contributed by atoms with Crippen molar-refractivity contribution in [2.75, 3.05) is 24.1 Å². The highest BCUT2D eigenvalue weighted by Gasteiger charge is 2.14. The van der Waals surface area contributed by atoms with Crippen molar-refractivity contribution < 1.29 is 27.1 Å². The van der Waals surface area contributed by atoms with Gasteiger partial charge in [-0.05, 0) is 55.5 Å². The monoisotopic (exact) mass is 396 g/mol. The largest absolute Gasteiger partial charge is 0.492 e. The first kappa shape index (κ1) is 20.5. The zero-order chi connectivity index (χ0) is 19.9. The molecule has 0 saturated carbocycles. The number of rotatable bonds is 9. The highest BCUT2D eigenvalue weighted by atomic mass is 32.2. The van der Waals surface area contributed by atoms with Crippen LogP contribution in [0.3, 0.4) is 0 Å². The van der Waals surface area contributed by atoms with Gasteiger partial charge in [0.2, 0.25) is 10.0 Å². The van der Waals surface area contributed by atoms with E-state index in [9.17, 15) is 17.6 Å². The topological polar surface area (TPSA) is 93.7 Å². The second-order valence-electron chi connectivity index (χ2n) is 5.75. The van der Waals surface area contributed by atoms with E-state index in [1.165, 1.54) is 24.3 Å². The minimum absolute atomic E-state index is 0.230. The van der Waals surface area contributed by atoms with Crippen molar-refractivity contribution in [1.29, 1.82) is 0 Å². The summed E-state index contributed by atoms with van der Waals surface area (Å²) in [5.74, 6) is 0.240. The molecule has 0 aromatic heterocycles. The number of nitrogens with one attached hydrogen (secondary N) is 2. The Kier molecular flexibility index (Phi) is 7.00. The van der Waals surface area contributed by atoms with Crippen LogP contribution in [0.4, 0.5) is 10.1 Å². The Morgan fingerprint density at radius 2 is 1.67 bits per heavy atom. The van der Waals surface area contributed by atoms with E-state index in [0.29, 0.717) is 17.2 Å². The SMILES string of the molecule is C[C@@H](Oc1ccc(F)cc1)C(=O)NCCOc1ccc(NS(C)(=O)=O)cc1. The number of hydrogen-bond donors (Lipinski definition) is 2. The van der Waals surface area contributed by atoms with E-state index in [-0.39, 0.29) is 24.9 Å². The molecule has 0 unspecified atom stereocenters. The summed E-state index contributed by atoms with van der Waals surface area (Å²) in [6.45, 7) is 2.08. The van der Waals surface area contributed by atoms with Crippen LogP contribution in [0.2, 0.25) is 0 Å². The molecule has 0 radical (unpaired) electrons. The maximum Gasteiger partial charge on any atom is 0.260 e. The maximum atomic E-state index is 12.8. The quantitative estimate of drug-likeness (QED) is 0.634. The third-order valence-electron chi connectivity index (χ3n) is 3.32. The van der Waals surface area contributed by atoms with Crippen molar-refractivity contribution in [3.8, 4) is 11.5 Å². The van der Waals surface area contributed by atoms with Gasteiger partial charge in [0.1, 0.15) is 23.9 Å². The summed E-state index contributed by atoms with van der Waals surface area (Å²) in [6.07, 6.45) is 0.331. The molecule has 0 bridgehead atoms. The summed E-state index contributed by atoms with van der Waals surface area (Å²) in [5.41, 5.74) is 0.435. The molecule has 7 nitrogen and oxygen atoms in total. The predicted molar refractivity (Wildman–Crippen MR) is 99.9 cm³/mol. The van der Waals surface area contributed by atoms with Crippen molar-refractivity contribution in [3.63, 3.8) is 0 Å². The summed E-state index contributed by atoms with van der Waals surface area (Å²) in [6, 6.07) is 11.8. The molecule has 27 heavy (non-hydrogen) atoms. The smallest absolute Gasteiger partial charge is 0.260 e. The molecule has 1 atom stereocenters. The second kappa shape index (κ2) is 9.22. The maximum absolute atomic E-state index is 12.8. The lowest BCUT2D eigenvalue weighted by molar-refractivity contribution is -0.127. The molecular formula is C18H21FN2O5S. The van der Waals surface area contributed by atoms with Gasteiger partial charge in [0.15, 0.2) is 6.10 Å². The molecule has 2 aromatic carbocycles.